The molecule has 1 aromatic rings. The minimum atomic E-state index is -0.578. The van der Waals surface area contributed by atoms with E-state index in [2.05, 4.69) is 17.5 Å². The third kappa shape index (κ3) is 5.23. The molecule has 0 spiro atoms. The van der Waals surface area contributed by atoms with Gasteiger partial charge in [0.1, 0.15) is 11.4 Å². The van der Waals surface area contributed by atoms with E-state index in [-0.39, 0.29) is 41.1 Å². The Balaban J connectivity index is 1.42. The number of hydrogen-bond donors (Lipinski definition) is 1. The van der Waals surface area contributed by atoms with Gasteiger partial charge in [-0.05, 0) is 84.1 Å². The van der Waals surface area contributed by atoms with E-state index < -0.39 is 16.8 Å². The van der Waals surface area contributed by atoms with Gasteiger partial charge in [-0.15, -0.1) is 0 Å². The number of nitrogens with one attached hydrogen (secondary N) is 1. The molecule has 3 aliphatic carbocycles. The number of hydrogen-bond acceptors (Lipinski definition) is 5. The smallest absolute Gasteiger partial charge is 0.312 e. The molecule has 2 bridgehead atoms. The first-order valence-corrected chi connectivity index (χ1v) is 12.2. The lowest BCUT2D eigenvalue weighted by atomic mass is 9.74. The van der Waals surface area contributed by atoms with Crippen molar-refractivity contribution in [1.82, 2.24) is 5.32 Å². The van der Waals surface area contributed by atoms with E-state index in [4.69, 9.17) is 14.2 Å². The molecule has 0 radical (unpaired) electrons. The van der Waals surface area contributed by atoms with Gasteiger partial charge >= 0.3 is 5.97 Å². The Morgan fingerprint density at radius 1 is 1.09 bits per heavy atom. The van der Waals surface area contributed by atoms with Crippen molar-refractivity contribution in [2.45, 2.75) is 84.0 Å². The Kier molecular flexibility index (Phi) is 6.67. The van der Waals surface area contributed by atoms with Crippen LogP contribution in [0.2, 0.25) is 0 Å². The van der Waals surface area contributed by atoms with Crippen molar-refractivity contribution in [2.24, 2.45) is 17.3 Å². The molecule has 2 saturated carbocycles. The number of ether oxygens (including phenoxy) is 3. The molecular weight excluding hydrogens is 437 g/mol. The summed E-state index contributed by atoms with van der Waals surface area (Å²) in [6.45, 7) is 7.49. The zero-order valence-corrected chi connectivity index (χ0v) is 20.8. The Bertz CT molecular complexity index is 974. The van der Waals surface area contributed by atoms with E-state index in [1.165, 1.54) is 19.2 Å². The summed E-state index contributed by atoms with van der Waals surface area (Å²) in [5.74, 6) is 0.0421. The molecule has 34 heavy (non-hydrogen) atoms. The highest BCUT2D eigenvalue weighted by Crippen LogP contribution is 2.41. The quantitative estimate of drug-likeness (QED) is 0.454. The monoisotopic (exact) mass is 473 g/mol. The average molecular weight is 474 g/mol. The van der Waals surface area contributed by atoms with Crippen LogP contribution in [0.25, 0.3) is 0 Å². The molecule has 6 nitrogen and oxygen atoms in total. The largest absolute Gasteiger partial charge is 0.496 e. The second kappa shape index (κ2) is 9.23. The first-order chi connectivity index (χ1) is 16.0. The lowest BCUT2D eigenvalue weighted by Gasteiger charge is -2.37. The van der Waals surface area contributed by atoms with Gasteiger partial charge in [0, 0.05) is 12.1 Å². The average Bonchev–Trinajstić information content (AvgIpc) is 3.38. The van der Waals surface area contributed by atoms with Gasteiger partial charge in [-0.3, -0.25) is 9.59 Å². The number of allylic oxidation sites excluding steroid dienone is 1. The molecule has 186 valence electrons. The summed E-state index contributed by atoms with van der Waals surface area (Å²) in [7, 11) is 1.42. The fourth-order valence-electron chi connectivity index (χ4n) is 5.30. The van der Waals surface area contributed by atoms with E-state index in [0.717, 1.165) is 12.8 Å². The molecule has 0 unspecified atom stereocenters. The van der Waals surface area contributed by atoms with Crippen LogP contribution >= 0.6 is 0 Å². The van der Waals surface area contributed by atoms with Crippen molar-refractivity contribution in [3.8, 4) is 11.5 Å². The van der Waals surface area contributed by atoms with Crippen LogP contribution in [-0.4, -0.2) is 36.7 Å². The molecule has 1 aromatic carbocycles. The van der Waals surface area contributed by atoms with Gasteiger partial charge in [-0.1, -0.05) is 12.2 Å². The van der Waals surface area contributed by atoms with Crippen molar-refractivity contribution in [3.05, 3.63) is 35.7 Å². The molecule has 0 saturated heterocycles. The Morgan fingerprint density at radius 3 is 2.35 bits per heavy atom. The van der Waals surface area contributed by atoms with Crippen molar-refractivity contribution < 1.29 is 28.2 Å². The molecular formula is C27H36FNO5. The highest BCUT2D eigenvalue weighted by atomic mass is 19.1. The summed E-state index contributed by atoms with van der Waals surface area (Å²) in [5.41, 5.74) is -0.850. The predicted molar refractivity (Wildman–Crippen MR) is 126 cm³/mol. The summed E-state index contributed by atoms with van der Waals surface area (Å²) in [6, 6.07) is 2.73. The zero-order valence-electron chi connectivity index (χ0n) is 20.8. The van der Waals surface area contributed by atoms with Crippen LogP contribution in [0, 0.1) is 23.1 Å². The first-order valence-electron chi connectivity index (χ1n) is 12.2. The first kappa shape index (κ1) is 24.6. The molecule has 0 aromatic heterocycles. The van der Waals surface area contributed by atoms with Crippen molar-refractivity contribution in [3.63, 3.8) is 0 Å². The van der Waals surface area contributed by atoms with Gasteiger partial charge in [0.2, 0.25) is 0 Å². The second-order valence-electron chi connectivity index (χ2n) is 11.2. The van der Waals surface area contributed by atoms with Gasteiger partial charge in [0.25, 0.3) is 5.91 Å². The lowest BCUT2D eigenvalue weighted by molar-refractivity contribution is -0.169. The molecule has 0 aliphatic heterocycles. The minimum Gasteiger partial charge on any atom is -0.496 e. The number of amides is 1. The molecule has 1 amide bonds. The van der Waals surface area contributed by atoms with Gasteiger partial charge in [0.15, 0.2) is 11.6 Å². The van der Waals surface area contributed by atoms with Gasteiger partial charge < -0.3 is 19.5 Å². The van der Waals surface area contributed by atoms with Crippen molar-refractivity contribution in [1.29, 1.82) is 0 Å². The van der Waals surface area contributed by atoms with E-state index in [1.807, 2.05) is 27.7 Å². The molecule has 2 fully saturated rings. The van der Waals surface area contributed by atoms with Gasteiger partial charge in [0.05, 0.1) is 24.2 Å². The van der Waals surface area contributed by atoms with Crippen LogP contribution in [0.3, 0.4) is 0 Å². The summed E-state index contributed by atoms with van der Waals surface area (Å²) >= 11 is 0. The maximum absolute atomic E-state index is 14.8. The van der Waals surface area contributed by atoms with Crippen molar-refractivity contribution in [2.75, 3.05) is 7.11 Å². The molecule has 0 heterocycles. The third-order valence-electron chi connectivity index (χ3n) is 7.32. The van der Waals surface area contributed by atoms with E-state index in [9.17, 15) is 14.0 Å². The van der Waals surface area contributed by atoms with E-state index in [0.29, 0.717) is 37.5 Å². The Hall–Kier alpha value is -2.57. The van der Waals surface area contributed by atoms with Crippen LogP contribution in [-0.2, 0) is 9.53 Å². The number of methoxy groups -OCH3 is 1. The number of fused-ring (bicyclic) bond motifs is 2. The van der Waals surface area contributed by atoms with Crippen LogP contribution in [0.5, 0.6) is 11.5 Å². The topological polar surface area (TPSA) is 73.9 Å². The fraction of sp³-hybridized carbons (Fsp3) is 0.630. The highest BCUT2D eigenvalue weighted by Gasteiger charge is 2.41. The summed E-state index contributed by atoms with van der Waals surface area (Å²) in [4.78, 5) is 25.7. The van der Waals surface area contributed by atoms with Crippen LogP contribution in [0.1, 0.15) is 76.6 Å². The Labute approximate surface area is 201 Å². The fourth-order valence-corrected chi connectivity index (χ4v) is 5.30. The number of esters is 1. The molecule has 3 atom stereocenters. The third-order valence-corrected chi connectivity index (χ3v) is 7.32. The number of halogens is 1. The van der Waals surface area contributed by atoms with Crippen LogP contribution < -0.4 is 14.8 Å². The van der Waals surface area contributed by atoms with E-state index in [1.54, 1.807) is 0 Å². The number of benzene rings is 1. The molecule has 1 N–H and O–H groups in total. The lowest BCUT2D eigenvalue weighted by Crippen LogP contribution is -2.40. The zero-order chi connectivity index (χ0) is 24.7. The standard InChI is InChI=1S/C27H36FNO5/c1-26(2,3)34-25(31)27(4)10-8-18(9-11-27)33-23-14-19(22(32-5)15-20(23)28)24(30)29-21-13-16-6-7-17(21)12-16/h6-7,14-18,21H,8-13H2,1-5H3,(H,29,30)/t16-,17+,18-,21+,27+/m0/s1. The van der Waals surface area contributed by atoms with E-state index >= 15 is 0 Å². The van der Waals surface area contributed by atoms with Gasteiger partial charge in [-0.2, -0.15) is 0 Å². The summed E-state index contributed by atoms with van der Waals surface area (Å²) in [6.07, 6.45) is 8.53. The maximum atomic E-state index is 14.8. The minimum absolute atomic E-state index is 0.0321. The second-order valence-corrected chi connectivity index (χ2v) is 11.2. The molecule has 7 heteroatoms. The molecule has 4 rings (SSSR count). The maximum Gasteiger partial charge on any atom is 0.312 e. The summed E-state index contributed by atoms with van der Waals surface area (Å²) in [5, 5.41) is 3.09. The van der Waals surface area contributed by atoms with Gasteiger partial charge in [-0.25, -0.2) is 4.39 Å². The highest BCUT2D eigenvalue weighted by molar-refractivity contribution is 5.97. The SMILES string of the molecule is COc1cc(F)c(O[C@H]2CC[C@@](C)(C(=O)OC(C)(C)C)CC2)cc1C(=O)N[C@@H]1C[C@H]2C=C[C@@H]1C2. The van der Waals surface area contributed by atoms with Crippen molar-refractivity contribution >= 4 is 11.9 Å². The Morgan fingerprint density at radius 2 is 1.79 bits per heavy atom. The van der Waals surface area contributed by atoms with Crippen LogP contribution in [0.4, 0.5) is 4.39 Å². The van der Waals surface area contributed by atoms with Crippen LogP contribution in [0.15, 0.2) is 24.3 Å². The normalized spacial score (nSPS) is 30.2. The summed E-state index contributed by atoms with van der Waals surface area (Å²) < 4.78 is 31.7. The number of carbonyl (C=O) groups excluding carboxylic acids is 2. The number of carbonyl (C=O) groups is 2. The predicted octanol–water partition coefficient (Wildman–Crippen LogP) is 5.20. The molecule has 3 aliphatic rings. The number of rotatable bonds is 6.